The number of H-pyrrole nitrogens is 1. The standard InChI is InChI=1S/C20H20N4O.ClH.H2O/c1-12-8-14(6-7-21-12)20-22-11-17-15(24-20)10-16(23-17)19-9-13-4-2-3-5-18(13)25-19;;/h2-5,9-12,14,21H,6-8H2,1H3,(H,22,24);1H;1H2. The molecule has 0 spiro atoms. The summed E-state index contributed by atoms with van der Waals surface area (Å²) < 4.78 is 5.94. The summed E-state index contributed by atoms with van der Waals surface area (Å²) in [4.78, 5) is 12.8. The zero-order chi connectivity index (χ0) is 16.8. The number of halogens is 1. The Bertz CT molecular complexity index is 979. The maximum Gasteiger partial charge on any atom is 0.153 e. The second kappa shape index (κ2) is 7.68. The van der Waals surface area contributed by atoms with Gasteiger partial charge in [0.05, 0.1) is 11.9 Å². The molecule has 0 aliphatic carbocycles. The number of furan rings is 1. The quantitative estimate of drug-likeness (QED) is 0.547. The van der Waals surface area contributed by atoms with Crippen molar-refractivity contribution in [2.45, 2.75) is 31.7 Å². The summed E-state index contributed by atoms with van der Waals surface area (Å²) in [5.41, 5.74) is 3.63. The summed E-state index contributed by atoms with van der Waals surface area (Å²) in [6.07, 6.45) is 4.10. The van der Waals surface area contributed by atoms with Crippen molar-refractivity contribution in [3.63, 3.8) is 0 Å². The van der Waals surface area contributed by atoms with Gasteiger partial charge in [0.2, 0.25) is 0 Å². The van der Waals surface area contributed by atoms with Crippen molar-refractivity contribution < 1.29 is 9.89 Å². The molecule has 0 amide bonds. The first-order valence-corrected chi connectivity index (χ1v) is 8.84. The number of nitrogens with one attached hydrogen (secondary N) is 2. The molecule has 27 heavy (non-hydrogen) atoms. The topological polar surface area (TPSA) is 98.2 Å². The fourth-order valence-electron chi connectivity index (χ4n) is 3.75. The third-order valence-electron chi connectivity index (χ3n) is 5.07. The number of rotatable bonds is 2. The first-order chi connectivity index (χ1) is 12.3. The highest BCUT2D eigenvalue weighted by atomic mass is 35.5. The monoisotopic (exact) mass is 386 g/mol. The Morgan fingerprint density at radius 3 is 2.81 bits per heavy atom. The summed E-state index contributed by atoms with van der Waals surface area (Å²) in [5, 5.41) is 4.58. The minimum atomic E-state index is 0. The summed E-state index contributed by atoms with van der Waals surface area (Å²) in [5.74, 6) is 2.33. The lowest BCUT2D eigenvalue weighted by Crippen LogP contribution is -2.35. The summed E-state index contributed by atoms with van der Waals surface area (Å²) in [6.45, 7) is 3.28. The molecule has 5 rings (SSSR count). The van der Waals surface area contributed by atoms with Crippen molar-refractivity contribution >= 4 is 23.4 Å². The molecule has 0 bridgehead atoms. The summed E-state index contributed by atoms with van der Waals surface area (Å²) in [7, 11) is 0. The van der Waals surface area contributed by atoms with E-state index in [1.54, 1.807) is 0 Å². The highest BCUT2D eigenvalue weighted by Gasteiger charge is 2.23. The van der Waals surface area contributed by atoms with E-state index in [1.807, 2.05) is 30.5 Å². The molecule has 1 fully saturated rings. The zero-order valence-electron chi connectivity index (χ0n) is 15.0. The van der Waals surface area contributed by atoms with Gasteiger partial charge in [0.15, 0.2) is 5.76 Å². The Morgan fingerprint density at radius 2 is 2.00 bits per heavy atom. The maximum absolute atomic E-state index is 5.94. The van der Waals surface area contributed by atoms with Gasteiger partial charge in [-0.1, -0.05) is 18.2 Å². The number of fused-ring (bicyclic) bond motifs is 2. The van der Waals surface area contributed by atoms with Gasteiger partial charge >= 0.3 is 0 Å². The lowest BCUT2D eigenvalue weighted by Gasteiger charge is -2.27. The fraction of sp³-hybridized carbons (Fsp3) is 0.300. The number of hydrogen-bond acceptors (Lipinski definition) is 4. The molecule has 0 saturated carbocycles. The van der Waals surface area contributed by atoms with Gasteiger partial charge in [-0.3, -0.25) is 0 Å². The van der Waals surface area contributed by atoms with E-state index in [0.717, 1.165) is 59.0 Å². The molecule has 1 saturated heterocycles. The average molecular weight is 387 g/mol. The normalized spacial score (nSPS) is 19.6. The second-order valence-electron chi connectivity index (χ2n) is 6.93. The Kier molecular flexibility index (Phi) is 5.51. The van der Waals surface area contributed by atoms with Crippen molar-refractivity contribution in [3.05, 3.63) is 48.4 Å². The van der Waals surface area contributed by atoms with Crippen LogP contribution in [0.15, 0.2) is 47.0 Å². The Balaban J connectivity index is 0.00000105. The second-order valence-corrected chi connectivity index (χ2v) is 6.93. The third-order valence-corrected chi connectivity index (χ3v) is 5.07. The van der Waals surface area contributed by atoms with Crippen LogP contribution in [0.1, 0.15) is 31.5 Å². The number of para-hydroxylation sites is 1. The van der Waals surface area contributed by atoms with Gasteiger partial charge in [-0.05, 0) is 44.5 Å². The number of nitrogens with zero attached hydrogens (tertiary/aromatic N) is 2. The Labute approximate surface area is 163 Å². The van der Waals surface area contributed by atoms with E-state index in [4.69, 9.17) is 4.42 Å². The van der Waals surface area contributed by atoms with E-state index in [2.05, 4.69) is 39.3 Å². The lowest BCUT2D eigenvalue weighted by molar-refractivity contribution is 0.371. The molecule has 4 N–H and O–H groups in total. The number of benzene rings is 1. The van der Waals surface area contributed by atoms with Gasteiger partial charge in [-0.15, -0.1) is 12.4 Å². The fourth-order valence-corrected chi connectivity index (χ4v) is 3.75. The summed E-state index contributed by atoms with van der Waals surface area (Å²) in [6, 6.07) is 12.7. The first kappa shape index (κ1) is 19.4. The van der Waals surface area contributed by atoms with E-state index < -0.39 is 0 Å². The van der Waals surface area contributed by atoms with Gasteiger partial charge in [0.1, 0.15) is 22.8 Å². The molecule has 4 heterocycles. The minimum absolute atomic E-state index is 0. The number of hydrogen-bond donors (Lipinski definition) is 2. The SMILES string of the molecule is CC1CC(c2ncc3nc(-c4cc5ccccc5o4)cc-3[nH]2)CCN1.Cl.O. The van der Waals surface area contributed by atoms with Gasteiger partial charge in [-0.2, -0.15) is 0 Å². The molecule has 2 aromatic rings. The third kappa shape index (κ3) is 3.56. The first-order valence-electron chi connectivity index (χ1n) is 8.84. The average Bonchev–Trinajstić information content (AvgIpc) is 3.24. The molecule has 1 aromatic carbocycles. The molecular weight excluding hydrogens is 364 g/mol. The smallest absolute Gasteiger partial charge is 0.153 e. The van der Waals surface area contributed by atoms with E-state index >= 15 is 0 Å². The predicted octanol–water partition coefficient (Wildman–Crippen LogP) is 3.78. The minimum Gasteiger partial charge on any atom is -0.454 e. The van der Waals surface area contributed by atoms with Crippen LogP contribution in [0.4, 0.5) is 0 Å². The number of piperidine rings is 1. The van der Waals surface area contributed by atoms with Crippen molar-refractivity contribution in [2.24, 2.45) is 0 Å². The van der Waals surface area contributed by atoms with Crippen LogP contribution < -0.4 is 5.32 Å². The van der Waals surface area contributed by atoms with Crippen molar-refractivity contribution in [3.8, 4) is 22.8 Å². The van der Waals surface area contributed by atoms with Crippen LogP contribution in [0.25, 0.3) is 33.8 Å². The highest BCUT2D eigenvalue weighted by molar-refractivity contribution is 5.85. The van der Waals surface area contributed by atoms with Crippen molar-refractivity contribution in [1.29, 1.82) is 0 Å². The van der Waals surface area contributed by atoms with Gasteiger partial charge in [0, 0.05) is 17.3 Å². The van der Waals surface area contributed by atoms with E-state index in [9.17, 15) is 0 Å². The van der Waals surface area contributed by atoms with Crippen molar-refractivity contribution in [1.82, 2.24) is 20.3 Å². The maximum atomic E-state index is 5.94. The molecular formula is C20H23ClN4O2. The van der Waals surface area contributed by atoms with Crippen LogP contribution in [0.2, 0.25) is 0 Å². The lowest BCUT2D eigenvalue weighted by atomic mass is 9.92. The van der Waals surface area contributed by atoms with E-state index in [-0.39, 0.29) is 17.9 Å². The van der Waals surface area contributed by atoms with Gasteiger partial charge in [0.25, 0.3) is 0 Å². The van der Waals surface area contributed by atoms with Gasteiger partial charge < -0.3 is 20.2 Å². The van der Waals surface area contributed by atoms with Crippen LogP contribution >= 0.6 is 12.4 Å². The molecule has 3 aliphatic rings. The van der Waals surface area contributed by atoms with Crippen molar-refractivity contribution in [2.75, 3.05) is 6.54 Å². The molecule has 6 nitrogen and oxygen atoms in total. The summed E-state index contributed by atoms with van der Waals surface area (Å²) >= 11 is 0. The number of aromatic nitrogens is 3. The van der Waals surface area contributed by atoms with E-state index in [1.165, 1.54) is 0 Å². The van der Waals surface area contributed by atoms with Crippen LogP contribution in [0, 0.1) is 0 Å². The largest absolute Gasteiger partial charge is 0.454 e. The molecule has 2 unspecified atom stereocenters. The predicted molar refractivity (Wildman–Crippen MR) is 109 cm³/mol. The molecule has 7 heteroatoms. The van der Waals surface area contributed by atoms with Crippen LogP contribution in [0.5, 0.6) is 0 Å². The molecule has 2 atom stereocenters. The van der Waals surface area contributed by atoms with Crippen LogP contribution in [0.3, 0.4) is 0 Å². The van der Waals surface area contributed by atoms with Crippen LogP contribution in [-0.2, 0) is 0 Å². The highest BCUT2D eigenvalue weighted by Crippen LogP contribution is 2.33. The van der Waals surface area contributed by atoms with Crippen LogP contribution in [-0.4, -0.2) is 33.0 Å². The Hall–Kier alpha value is -2.41. The molecule has 142 valence electrons. The molecule has 3 aliphatic heterocycles. The Morgan fingerprint density at radius 1 is 1.15 bits per heavy atom. The molecule has 0 radical (unpaired) electrons. The molecule has 1 aromatic heterocycles. The van der Waals surface area contributed by atoms with E-state index in [0.29, 0.717) is 12.0 Å². The zero-order valence-corrected chi connectivity index (χ0v) is 15.8. The number of aromatic amines is 1. The van der Waals surface area contributed by atoms with Gasteiger partial charge in [-0.25, -0.2) is 9.97 Å².